The molecule has 2 aromatic carbocycles. The average Bonchev–Trinajstić information content (AvgIpc) is 2.41. The molecule has 1 unspecified atom stereocenters. The van der Waals surface area contributed by atoms with Crippen LogP contribution in [0.2, 0.25) is 0 Å². The molecule has 4 heteroatoms. The number of ether oxygens (including phenoxy) is 1. The van der Waals surface area contributed by atoms with Gasteiger partial charge in [-0.3, -0.25) is 0 Å². The molecular formula is C16H15BrF2O. The molecule has 0 N–H and O–H groups in total. The van der Waals surface area contributed by atoms with Gasteiger partial charge >= 0.3 is 6.61 Å². The Bertz CT molecular complexity index is 599. The summed E-state index contributed by atoms with van der Waals surface area (Å²) in [5.74, 6) is 0.199. The quantitative estimate of drug-likeness (QED) is 0.678. The molecular weight excluding hydrogens is 326 g/mol. The third-order valence-electron chi connectivity index (χ3n) is 3.12. The third-order valence-corrected chi connectivity index (χ3v) is 4.10. The molecule has 106 valence electrons. The fraction of sp³-hybridized carbons (Fsp3) is 0.250. The van der Waals surface area contributed by atoms with Gasteiger partial charge in [-0.2, -0.15) is 8.78 Å². The van der Waals surface area contributed by atoms with Crippen molar-refractivity contribution in [3.05, 3.63) is 64.7 Å². The molecule has 0 saturated carbocycles. The number of hydrogen-bond acceptors (Lipinski definition) is 1. The predicted octanol–water partition coefficient (Wildman–Crippen LogP) is 5.39. The number of halogens is 3. The van der Waals surface area contributed by atoms with Gasteiger partial charge < -0.3 is 4.74 Å². The van der Waals surface area contributed by atoms with E-state index in [4.69, 9.17) is 0 Å². The van der Waals surface area contributed by atoms with Crippen LogP contribution in [0.15, 0.2) is 42.5 Å². The summed E-state index contributed by atoms with van der Waals surface area (Å²) in [7, 11) is 0. The molecule has 0 fully saturated rings. The summed E-state index contributed by atoms with van der Waals surface area (Å²) >= 11 is 3.59. The zero-order valence-electron chi connectivity index (χ0n) is 11.2. The largest absolute Gasteiger partial charge is 0.434 e. The van der Waals surface area contributed by atoms with Crippen molar-refractivity contribution in [3.8, 4) is 5.75 Å². The first kappa shape index (κ1) is 15.0. The van der Waals surface area contributed by atoms with Crippen LogP contribution in [0, 0.1) is 13.8 Å². The lowest BCUT2D eigenvalue weighted by molar-refractivity contribution is -0.0503. The molecule has 1 atom stereocenters. The highest BCUT2D eigenvalue weighted by atomic mass is 79.9. The van der Waals surface area contributed by atoms with Gasteiger partial charge in [0.05, 0.1) is 4.83 Å². The molecule has 0 spiro atoms. The van der Waals surface area contributed by atoms with Crippen LogP contribution >= 0.6 is 15.9 Å². The molecule has 0 bridgehead atoms. The van der Waals surface area contributed by atoms with E-state index < -0.39 is 6.61 Å². The molecule has 0 aliphatic heterocycles. The van der Waals surface area contributed by atoms with E-state index in [0.717, 1.165) is 16.7 Å². The minimum atomic E-state index is -2.82. The van der Waals surface area contributed by atoms with Gasteiger partial charge in [-0.1, -0.05) is 57.9 Å². The van der Waals surface area contributed by atoms with Crippen LogP contribution in [0.25, 0.3) is 0 Å². The predicted molar refractivity (Wildman–Crippen MR) is 79.8 cm³/mol. The van der Waals surface area contributed by atoms with E-state index in [1.54, 1.807) is 18.2 Å². The second-order valence-electron chi connectivity index (χ2n) is 4.64. The van der Waals surface area contributed by atoms with E-state index in [1.165, 1.54) is 0 Å². The average molecular weight is 341 g/mol. The normalized spacial score (nSPS) is 12.5. The number of aryl methyl sites for hydroxylation is 2. The number of alkyl halides is 3. The van der Waals surface area contributed by atoms with Crippen molar-refractivity contribution < 1.29 is 13.5 Å². The van der Waals surface area contributed by atoms with E-state index in [2.05, 4.69) is 20.7 Å². The van der Waals surface area contributed by atoms with E-state index >= 15 is 0 Å². The molecule has 0 saturated heterocycles. The summed E-state index contributed by atoms with van der Waals surface area (Å²) in [4.78, 5) is -0.183. The van der Waals surface area contributed by atoms with Gasteiger partial charge in [0.25, 0.3) is 0 Å². The van der Waals surface area contributed by atoms with E-state index in [0.29, 0.717) is 5.56 Å². The summed E-state index contributed by atoms with van der Waals surface area (Å²) < 4.78 is 29.5. The Morgan fingerprint density at radius 2 is 1.70 bits per heavy atom. The molecule has 2 aromatic rings. The van der Waals surface area contributed by atoms with E-state index in [-0.39, 0.29) is 10.6 Å². The Balaban J connectivity index is 2.42. The van der Waals surface area contributed by atoms with Gasteiger partial charge in [-0.05, 0) is 31.0 Å². The Morgan fingerprint density at radius 3 is 2.40 bits per heavy atom. The minimum absolute atomic E-state index is 0.183. The van der Waals surface area contributed by atoms with Gasteiger partial charge in [0.15, 0.2) is 0 Å². The van der Waals surface area contributed by atoms with Crippen LogP contribution < -0.4 is 4.74 Å². The van der Waals surface area contributed by atoms with Crippen molar-refractivity contribution in [1.82, 2.24) is 0 Å². The fourth-order valence-electron chi connectivity index (χ4n) is 2.09. The zero-order valence-corrected chi connectivity index (χ0v) is 12.8. The standard InChI is InChI=1S/C16H15BrF2O/c1-10-7-8-11(2)13(9-10)15(17)12-5-3-4-6-14(12)20-16(18)19/h3-9,15-16H,1-2H3. The molecule has 0 heterocycles. The highest BCUT2D eigenvalue weighted by Gasteiger charge is 2.18. The smallest absolute Gasteiger partial charge is 0.387 e. The summed E-state index contributed by atoms with van der Waals surface area (Å²) in [5, 5.41) is 0. The van der Waals surface area contributed by atoms with Crippen molar-refractivity contribution in [2.75, 3.05) is 0 Å². The summed E-state index contributed by atoms with van der Waals surface area (Å²) in [6.45, 7) is 1.18. The van der Waals surface area contributed by atoms with Gasteiger partial charge in [-0.15, -0.1) is 0 Å². The topological polar surface area (TPSA) is 9.23 Å². The molecule has 0 aromatic heterocycles. The van der Waals surface area contributed by atoms with Gasteiger partial charge in [0.1, 0.15) is 5.75 Å². The molecule has 20 heavy (non-hydrogen) atoms. The Hall–Kier alpha value is -1.42. The van der Waals surface area contributed by atoms with Crippen LogP contribution in [-0.4, -0.2) is 6.61 Å². The number of benzene rings is 2. The first-order valence-electron chi connectivity index (χ1n) is 6.24. The van der Waals surface area contributed by atoms with Crippen LogP contribution in [0.1, 0.15) is 27.1 Å². The van der Waals surface area contributed by atoms with Crippen LogP contribution in [-0.2, 0) is 0 Å². The first-order valence-corrected chi connectivity index (χ1v) is 7.15. The van der Waals surface area contributed by atoms with Crippen molar-refractivity contribution in [2.24, 2.45) is 0 Å². The molecule has 1 nitrogen and oxygen atoms in total. The van der Waals surface area contributed by atoms with Gasteiger partial charge in [0.2, 0.25) is 0 Å². The maximum Gasteiger partial charge on any atom is 0.387 e. The lowest BCUT2D eigenvalue weighted by Crippen LogP contribution is -2.06. The van der Waals surface area contributed by atoms with Gasteiger partial charge in [-0.25, -0.2) is 0 Å². The van der Waals surface area contributed by atoms with E-state index in [1.807, 2.05) is 38.1 Å². The molecule has 0 amide bonds. The summed E-state index contributed by atoms with van der Waals surface area (Å²) in [6, 6.07) is 12.9. The molecule has 2 rings (SSSR count). The fourth-order valence-corrected chi connectivity index (χ4v) is 2.97. The Morgan fingerprint density at radius 1 is 1.00 bits per heavy atom. The number of hydrogen-bond donors (Lipinski definition) is 0. The zero-order chi connectivity index (χ0) is 14.7. The highest BCUT2D eigenvalue weighted by molar-refractivity contribution is 9.09. The summed E-state index contributed by atoms with van der Waals surface area (Å²) in [6.07, 6.45) is 0. The maximum absolute atomic E-state index is 12.5. The first-order chi connectivity index (χ1) is 9.49. The Kier molecular flexibility index (Phi) is 4.76. The molecule has 0 radical (unpaired) electrons. The van der Waals surface area contributed by atoms with Crippen LogP contribution in [0.3, 0.4) is 0 Å². The highest BCUT2D eigenvalue weighted by Crippen LogP contribution is 2.38. The lowest BCUT2D eigenvalue weighted by Gasteiger charge is -2.18. The van der Waals surface area contributed by atoms with Crippen molar-refractivity contribution in [3.63, 3.8) is 0 Å². The minimum Gasteiger partial charge on any atom is -0.434 e. The SMILES string of the molecule is Cc1ccc(C)c(C(Br)c2ccccc2OC(F)F)c1. The van der Waals surface area contributed by atoms with Crippen LogP contribution in [0.4, 0.5) is 8.78 Å². The van der Waals surface area contributed by atoms with Crippen molar-refractivity contribution in [2.45, 2.75) is 25.3 Å². The van der Waals surface area contributed by atoms with E-state index in [9.17, 15) is 8.78 Å². The lowest BCUT2D eigenvalue weighted by atomic mass is 9.98. The number of rotatable bonds is 4. The third kappa shape index (κ3) is 3.37. The maximum atomic E-state index is 12.5. The second kappa shape index (κ2) is 6.35. The number of para-hydroxylation sites is 1. The van der Waals surface area contributed by atoms with Gasteiger partial charge in [0, 0.05) is 5.56 Å². The van der Waals surface area contributed by atoms with Crippen molar-refractivity contribution in [1.29, 1.82) is 0 Å². The molecule has 0 aliphatic rings. The molecule has 0 aliphatic carbocycles. The monoisotopic (exact) mass is 340 g/mol. The second-order valence-corrected chi connectivity index (χ2v) is 5.55. The Labute approximate surface area is 125 Å². The van der Waals surface area contributed by atoms with Crippen molar-refractivity contribution >= 4 is 15.9 Å². The van der Waals surface area contributed by atoms with Crippen LogP contribution in [0.5, 0.6) is 5.75 Å². The summed E-state index contributed by atoms with van der Waals surface area (Å²) in [5.41, 5.74) is 3.98.